The minimum absolute atomic E-state index is 0.0155. The van der Waals surface area contributed by atoms with Gasteiger partial charge in [-0.05, 0) is 41.5 Å². The quantitative estimate of drug-likeness (QED) is 0.888. The Balaban J connectivity index is 2.11. The predicted octanol–water partition coefficient (Wildman–Crippen LogP) is 3.41. The summed E-state index contributed by atoms with van der Waals surface area (Å²) in [5, 5.41) is 17.8. The highest BCUT2D eigenvalue weighted by atomic mass is 32.2. The minimum atomic E-state index is -0.943. The number of allylic oxidation sites excluding steroid dienone is 3. The summed E-state index contributed by atoms with van der Waals surface area (Å²) in [7, 11) is 0. The van der Waals surface area contributed by atoms with Gasteiger partial charge in [0, 0.05) is 10.5 Å². The van der Waals surface area contributed by atoms with Crippen LogP contribution in [0.2, 0.25) is 0 Å². The van der Waals surface area contributed by atoms with E-state index in [1.54, 1.807) is 30.3 Å². The smallest absolute Gasteiger partial charge is 0.335 e. The largest absolute Gasteiger partial charge is 0.478 e. The number of hydrogen-bond acceptors (Lipinski definition) is 3. The molecule has 0 bridgehead atoms. The van der Waals surface area contributed by atoms with Crippen molar-refractivity contribution >= 4 is 23.7 Å². The van der Waals surface area contributed by atoms with Crippen LogP contribution in [0.5, 0.6) is 0 Å². The molecule has 20 heavy (non-hydrogen) atoms. The second kappa shape index (κ2) is 5.96. The Bertz CT molecular complexity index is 599. The summed E-state index contributed by atoms with van der Waals surface area (Å²) in [5.74, 6) is -1.83. The van der Waals surface area contributed by atoms with Crippen LogP contribution in [0.4, 0.5) is 0 Å². The molecule has 2 N–H and O–H groups in total. The highest BCUT2D eigenvalue weighted by Crippen LogP contribution is 2.36. The zero-order chi connectivity index (χ0) is 14.7. The second-order valence-corrected chi connectivity index (χ2v) is 5.80. The molecule has 5 heteroatoms. The summed E-state index contributed by atoms with van der Waals surface area (Å²) in [6.45, 7) is 1.89. The third-order valence-electron chi connectivity index (χ3n) is 3.08. The maximum atomic E-state index is 11.0. The number of carboxylic acid groups (broad SMARTS) is 2. The molecule has 1 unspecified atom stereocenters. The number of hydrogen-bond donors (Lipinski definition) is 2. The van der Waals surface area contributed by atoms with Gasteiger partial charge in [-0.15, -0.1) is 0 Å². The molecule has 1 aliphatic rings. The Hall–Kier alpha value is -2.01. The Morgan fingerprint density at radius 2 is 1.75 bits per heavy atom. The van der Waals surface area contributed by atoms with E-state index in [1.165, 1.54) is 11.8 Å². The molecule has 1 aromatic rings. The zero-order valence-corrected chi connectivity index (χ0v) is 11.7. The molecule has 0 spiro atoms. The van der Waals surface area contributed by atoms with Crippen molar-refractivity contribution < 1.29 is 19.8 Å². The van der Waals surface area contributed by atoms with E-state index in [0.717, 1.165) is 9.80 Å². The molecule has 0 saturated carbocycles. The number of carbonyl (C=O) groups is 2. The third-order valence-corrected chi connectivity index (χ3v) is 4.16. The maximum Gasteiger partial charge on any atom is 0.335 e. The van der Waals surface area contributed by atoms with Crippen molar-refractivity contribution in [3.63, 3.8) is 0 Å². The maximum absolute atomic E-state index is 11.0. The molecule has 2 rings (SSSR count). The Kier molecular flexibility index (Phi) is 4.29. The molecular formula is C15H14O4S. The zero-order valence-electron chi connectivity index (χ0n) is 10.9. The van der Waals surface area contributed by atoms with Crippen molar-refractivity contribution in [3.8, 4) is 0 Å². The number of carboxylic acids is 2. The average molecular weight is 290 g/mol. The normalized spacial score (nSPS) is 18.1. The highest BCUT2D eigenvalue weighted by Gasteiger charge is 2.20. The van der Waals surface area contributed by atoms with Crippen LogP contribution in [-0.2, 0) is 4.79 Å². The molecule has 1 aliphatic carbocycles. The molecule has 1 atom stereocenters. The van der Waals surface area contributed by atoms with Crippen LogP contribution in [0.25, 0.3) is 0 Å². The Morgan fingerprint density at radius 3 is 2.25 bits per heavy atom. The van der Waals surface area contributed by atoms with E-state index >= 15 is 0 Å². The van der Waals surface area contributed by atoms with Crippen molar-refractivity contribution in [1.29, 1.82) is 0 Å². The van der Waals surface area contributed by atoms with Crippen molar-refractivity contribution in [2.75, 3.05) is 0 Å². The van der Waals surface area contributed by atoms with Gasteiger partial charge in [-0.3, -0.25) is 0 Å². The summed E-state index contributed by atoms with van der Waals surface area (Å²) in [4.78, 5) is 23.8. The molecule has 1 aromatic carbocycles. The van der Waals surface area contributed by atoms with Gasteiger partial charge in [0.15, 0.2) is 0 Å². The van der Waals surface area contributed by atoms with Crippen molar-refractivity contribution in [1.82, 2.24) is 0 Å². The minimum Gasteiger partial charge on any atom is -0.478 e. The molecule has 0 aliphatic heterocycles. The monoisotopic (exact) mass is 290 g/mol. The second-order valence-electron chi connectivity index (χ2n) is 4.60. The summed E-state index contributed by atoms with van der Waals surface area (Å²) < 4.78 is 0. The van der Waals surface area contributed by atoms with Crippen LogP contribution in [0.15, 0.2) is 51.8 Å². The van der Waals surface area contributed by atoms with Crippen molar-refractivity contribution in [2.45, 2.75) is 18.2 Å². The number of benzene rings is 1. The molecule has 4 nitrogen and oxygen atoms in total. The van der Waals surface area contributed by atoms with Gasteiger partial charge in [-0.2, -0.15) is 0 Å². The molecule has 0 fully saturated rings. The van der Waals surface area contributed by atoms with Gasteiger partial charge in [0.2, 0.25) is 0 Å². The van der Waals surface area contributed by atoms with Crippen molar-refractivity contribution in [3.05, 3.63) is 52.5 Å². The van der Waals surface area contributed by atoms with Gasteiger partial charge in [0.25, 0.3) is 0 Å². The van der Waals surface area contributed by atoms with Crippen LogP contribution < -0.4 is 0 Å². The lowest BCUT2D eigenvalue weighted by atomic mass is 9.93. The molecule has 0 heterocycles. The van der Waals surface area contributed by atoms with Crippen LogP contribution in [0.3, 0.4) is 0 Å². The van der Waals surface area contributed by atoms with Gasteiger partial charge in [-0.25, -0.2) is 9.59 Å². The van der Waals surface area contributed by atoms with E-state index in [4.69, 9.17) is 10.2 Å². The number of aromatic carboxylic acids is 1. The van der Waals surface area contributed by atoms with Crippen LogP contribution >= 0.6 is 11.8 Å². The first-order valence-corrected chi connectivity index (χ1v) is 6.94. The van der Waals surface area contributed by atoms with Crippen LogP contribution in [-0.4, -0.2) is 22.2 Å². The van der Waals surface area contributed by atoms with Crippen molar-refractivity contribution in [2.24, 2.45) is 5.92 Å². The lowest BCUT2D eigenvalue weighted by Gasteiger charge is -2.18. The fourth-order valence-electron chi connectivity index (χ4n) is 2.00. The lowest BCUT2D eigenvalue weighted by molar-refractivity contribution is -0.133. The number of thioether (sulfide) groups is 1. The van der Waals surface area contributed by atoms with E-state index < -0.39 is 11.9 Å². The van der Waals surface area contributed by atoms with Gasteiger partial charge < -0.3 is 10.2 Å². The van der Waals surface area contributed by atoms with Crippen LogP contribution in [0.1, 0.15) is 23.7 Å². The Labute approximate surface area is 120 Å². The first-order chi connectivity index (χ1) is 9.47. The van der Waals surface area contributed by atoms with Gasteiger partial charge in [-0.1, -0.05) is 30.8 Å². The number of aliphatic carboxylic acids is 1. The van der Waals surface area contributed by atoms with Crippen LogP contribution in [0, 0.1) is 5.92 Å². The topological polar surface area (TPSA) is 74.6 Å². The molecule has 104 valence electrons. The van der Waals surface area contributed by atoms with Gasteiger partial charge in [0.05, 0.1) is 5.56 Å². The molecule has 0 saturated heterocycles. The first kappa shape index (κ1) is 14.4. The average Bonchev–Trinajstić information content (AvgIpc) is 2.39. The lowest BCUT2D eigenvalue weighted by Crippen LogP contribution is -2.12. The van der Waals surface area contributed by atoms with E-state index in [1.807, 2.05) is 13.0 Å². The summed E-state index contributed by atoms with van der Waals surface area (Å²) >= 11 is 1.53. The van der Waals surface area contributed by atoms with Gasteiger partial charge in [0.1, 0.15) is 0 Å². The first-order valence-electron chi connectivity index (χ1n) is 6.12. The molecule has 0 amide bonds. The highest BCUT2D eigenvalue weighted by molar-refractivity contribution is 8.03. The summed E-state index contributed by atoms with van der Waals surface area (Å²) in [6, 6.07) is 6.65. The van der Waals surface area contributed by atoms with Gasteiger partial charge >= 0.3 is 11.9 Å². The van der Waals surface area contributed by atoms with E-state index in [9.17, 15) is 9.59 Å². The van der Waals surface area contributed by atoms with E-state index in [-0.39, 0.29) is 11.5 Å². The molecule has 0 aromatic heterocycles. The van der Waals surface area contributed by atoms with E-state index in [2.05, 4.69) is 0 Å². The predicted molar refractivity (Wildman–Crippen MR) is 76.8 cm³/mol. The number of rotatable bonds is 4. The fraction of sp³-hybridized carbons (Fsp3) is 0.200. The standard InChI is InChI=1S/C15H14O4S/c1-9-8-12(6-7-13(9)15(18)19)20-11-4-2-10(3-5-11)14(16)17/h2-7,9H,8H2,1H3,(H,16,17)(H,18,19). The molecular weight excluding hydrogens is 276 g/mol. The molecule has 0 radical (unpaired) electrons. The SMILES string of the molecule is CC1CC(Sc2ccc(C(=O)O)cc2)=CC=C1C(=O)O. The summed E-state index contributed by atoms with van der Waals surface area (Å²) in [6.07, 6.45) is 4.15. The Morgan fingerprint density at radius 1 is 1.10 bits per heavy atom. The fourth-order valence-corrected chi connectivity index (χ4v) is 3.05. The summed E-state index contributed by atoms with van der Waals surface area (Å²) in [5.41, 5.74) is 0.684. The van der Waals surface area contributed by atoms with E-state index in [0.29, 0.717) is 12.0 Å². The third kappa shape index (κ3) is 3.30.